The summed E-state index contributed by atoms with van der Waals surface area (Å²) < 4.78 is 0. The third-order valence-electron chi connectivity index (χ3n) is 9.51. The van der Waals surface area contributed by atoms with Crippen molar-refractivity contribution >= 4 is 29.2 Å². The van der Waals surface area contributed by atoms with Crippen LogP contribution in [0.2, 0.25) is 0 Å². The lowest BCUT2D eigenvalue weighted by molar-refractivity contribution is -0.136. The van der Waals surface area contributed by atoms with E-state index < -0.39 is 0 Å². The summed E-state index contributed by atoms with van der Waals surface area (Å²) in [6.45, 7) is 4.75. The molecule has 1 aromatic rings. The van der Waals surface area contributed by atoms with Gasteiger partial charge in [0.2, 0.25) is 11.8 Å². The molecule has 0 spiro atoms. The molecule has 5 rings (SSSR count). The Morgan fingerprint density at radius 1 is 1.25 bits per heavy atom. The summed E-state index contributed by atoms with van der Waals surface area (Å²) in [6, 6.07) is 1.73. The quantitative estimate of drug-likeness (QED) is 0.696. The maximum absolute atomic E-state index is 12.8. The maximum atomic E-state index is 12.8. The third-order valence-corrected chi connectivity index (χ3v) is 9.85. The van der Waals surface area contributed by atoms with Crippen LogP contribution in [0, 0.1) is 34.5 Å². The van der Waals surface area contributed by atoms with Crippen LogP contribution in [0.4, 0.5) is 5.82 Å². The molecule has 4 aliphatic rings. The normalized spacial score (nSPS) is 38.8. The number of carbonyl (C=O) groups excluding carboxylic acids is 2. The summed E-state index contributed by atoms with van der Waals surface area (Å²) in [4.78, 5) is 35.1. The van der Waals surface area contributed by atoms with Crippen LogP contribution in [0.15, 0.2) is 29.3 Å². The molecule has 6 nitrogen and oxygen atoms in total. The molecule has 0 aromatic carbocycles. The monoisotopic (exact) mass is 456 g/mol. The fourth-order valence-electron chi connectivity index (χ4n) is 7.91. The number of piperidine rings is 1. The van der Waals surface area contributed by atoms with E-state index in [9.17, 15) is 9.59 Å². The van der Waals surface area contributed by atoms with Crippen molar-refractivity contribution in [1.82, 2.24) is 14.9 Å². The standard InChI is InChI=1S/C25H33ClN4O2/c1-24-9-6-18-16(13-19(26)23-25(18,2)10-7-22(32)30(23)3)17(24)5-4-15(24)12-21(31)29-20-8-11-27-14-28-20/h8,11,14-18H,4-7,9-10,12-13H2,1-3H3,(H,27,28,29,31)/t15-,16?,17+,18?,24-,25-/m1/s1. The van der Waals surface area contributed by atoms with Gasteiger partial charge in [-0.25, -0.2) is 9.97 Å². The Labute approximate surface area is 195 Å². The van der Waals surface area contributed by atoms with E-state index >= 15 is 0 Å². The molecule has 2 amide bonds. The number of rotatable bonds is 3. The maximum Gasteiger partial charge on any atom is 0.226 e. The zero-order valence-corrected chi connectivity index (χ0v) is 20.0. The van der Waals surface area contributed by atoms with Gasteiger partial charge in [0, 0.05) is 42.2 Å². The van der Waals surface area contributed by atoms with Crippen LogP contribution in [0.3, 0.4) is 0 Å². The second kappa shape index (κ2) is 7.82. The first-order valence-electron chi connectivity index (χ1n) is 12.0. The number of hydrogen-bond donors (Lipinski definition) is 1. The first-order chi connectivity index (χ1) is 15.2. The van der Waals surface area contributed by atoms with E-state index in [-0.39, 0.29) is 22.6 Å². The van der Waals surface area contributed by atoms with Crippen LogP contribution in [-0.4, -0.2) is 33.7 Å². The largest absolute Gasteiger partial charge is 0.318 e. The Kier molecular flexibility index (Phi) is 5.35. The highest BCUT2D eigenvalue weighted by atomic mass is 35.5. The van der Waals surface area contributed by atoms with E-state index in [0.717, 1.165) is 49.3 Å². The van der Waals surface area contributed by atoms with Crippen molar-refractivity contribution in [2.45, 2.75) is 65.2 Å². The van der Waals surface area contributed by atoms with Crippen molar-refractivity contribution in [3.63, 3.8) is 0 Å². The molecule has 1 aromatic heterocycles. The second-order valence-electron chi connectivity index (χ2n) is 10.9. The molecule has 6 atom stereocenters. The minimum Gasteiger partial charge on any atom is -0.318 e. The smallest absolute Gasteiger partial charge is 0.226 e. The number of nitrogens with one attached hydrogen (secondary N) is 1. The number of fused-ring (bicyclic) bond motifs is 5. The number of nitrogens with zero attached hydrogens (tertiary/aromatic N) is 3. The van der Waals surface area contributed by atoms with Gasteiger partial charge in [0.15, 0.2) is 0 Å². The SMILES string of the molecule is CN1C(=O)CC[C@@]2(C)C1=C(Cl)CC1C2CC[C@]2(C)[C@@H](CC(=O)Nc3ccncn3)CC[C@@H]12. The van der Waals surface area contributed by atoms with Crippen LogP contribution in [-0.2, 0) is 9.59 Å². The molecule has 7 heteroatoms. The molecule has 2 unspecified atom stereocenters. The predicted octanol–water partition coefficient (Wildman–Crippen LogP) is 4.98. The number of carbonyl (C=O) groups is 2. The molecule has 1 saturated heterocycles. The van der Waals surface area contributed by atoms with Gasteiger partial charge >= 0.3 is 0 Å². The molecular formula is C25H33ClN4O2. The molecule has 3 fully saturated rings. The van der Waals surface area contributed by atoms with Gasteiger partial charge in [-0.2, -0.15) is 0 Å². The Balaban J connectivity index is 1.36. The van der Waals surface area contributed by atoms with Crippen LogP contribution in [0.25, 0.3) is 0 Å². The highest BCUT2D eigenvalue weighted by Gasteiger charge is 2.60. The van der Waals surface area contributed by atoms with E-state index in [1.807, 2.05) is 11.9 Å². The van der Waals surface area contributed by atoms with Gasteiger partial charge in [-0.15, -0.1) is 0 Å². The first-order valence-corrected chi connectivity index (χ1v) is 12.3. The Morgan fingerprint density at radius 2 is 2.06 bits per heavy atom. The van der Waals surface area contributed by atoms with E-state index in [1.54, 1.807) is 12.3 Å². The third kappa shape index (κ3) is 3.28. The van der Waals surface area contributed by atoms with Crippen LogP contribution >= 0.6 is 11.6 Å². The second-order valence-corrected chi connectivity index (χ2v) is 11.3. The van der Waals surface area contributed by atoms with Crippen LogP contribution < -0.4 is 5.32 Å². The molecular weight excluding hydrogens is 424 g/mol. The van der Waals surface area contributed by atoms with Crippen molar-refractivity contribution in [2.24, 2.45) is 34.5 Å². The van der Waals surface area contributed by atoms with Crippen molar-refractivity contribution in [1.29, 1.82) is 0 Å². The first kappa shape index (κ1) is 21.9. The average molecular weight is 457 g/mol. The number of anilines is 1. The van der Waals surface area contributed by atoms with E-state index in [2.05, 4.69) is 29.1 Å². The molecule has 172 valence electrons. The molecule has 0 radical (unpaired) electrons. The fraction of sp³-hybridized carbons (Fsp3) is 0.680. The fourth-order valence-corrected chi connectivity index (χ4v) is 8.43. The van der Waals surface area contributed by atoms with E-state index in [1.165, 1.54) is 6.33 Å². The van der Waals surface area contributed by atoms with Crippen molar-refractivity contribution < 1.29 is 9.59 Å². The van der Waals surface area contributed by atoms with Gasteiger partial charge in [0.1, 0.15) is 12.1 Å². The summed E-state index contributed by atoms with van der Waals surface area (Å²) in [5.74, 6) is 2.84. The summed E-state index contributed by atoms with van der Waals surface area (Å²) in [6.07, 6.45) is 10.5. The summed E-state index contributed by atoms with van der Waals surface area (Å²) in [5, 5.41) is 3.83. The Morgan fingerprint density at radius 3 is 2.81 bits per heavy atom. The summed E-state index contributed by atoms with van der Waals surface area (Å²) >= 11 is 6.92. The van der Waals surface area contributed by atoms with Gasteiger partial charge in [-0.05, 0) is 73.7 Å². The average Bonchev–Trinajstić information content (AvgIpc) is 3.08. The molecule has 0 bridgehead atoms. The number of halogens is 1. The van der Waals surface area contributed by atoms with Crippen molar-refractivity contribution in [3.8, 4) is 0 Å². The van der Waals surface area contributed by atoms with Crippen molar-refractivity contribution in [2.75, 3.05) is 12.4 Å². The lowest BCUT2D eigenvalue weighted by atomic mass is 9.49. The topological polar surface area (TPSA) is 75.2 Å². The Bertz CT molecular complexity index is 966. The van der Waals surface area contributed by atoms with Gasteiger partial charge in [-0.1, -0.05) is 25.4 Å². The lowest BCUT2D eigenvalue weighted by Gasteiger charge is -2.59. The van der Waals surface area contributed by atoms with Crippen LogP contribution in [0.5, 0.6) is 0 Å². The Hall–Kier alpha value is -1.95. The number of hydrogen-bond acceptors (Lipinski definition) is 4. The zero-order valence-electron chi connectivity index (χ0n) is 19.2. The van der Waals surface area contributed by atoms with Gasteiger partial charge in [0.25, 0.3) is 0 Å². The minimum absolute atomic E-state index is 0.0214. The number of allylic oxidation sites excluding steroid dienone is 2. The number of amides is 2. The highest BCUT2D eigenvalue weighted by molar-refractivity contribution is 6.30. The number of likely N-dealkylation sites (tertiary alicyclic amines) is 1. The molecule has 32 heavy (non-hydrogen) atoms. The molecule has 1 aliphatic heterocycles. The predicted molar refractivity (Wildman–Crippen MR) is 123 cm³/mol. The minimum atomic E-state index is -0.0214. The summed E-state index contributed by atoms with van der Waals surface area (Å²) in [7, 11) is 1.90. The van der Waals surface area contributed by atoms with E-state index in [0.29, 0.717) is 42.3 Å². The lowest BCUT2D eigenvalue weighted by Crippen LogP contribution is -2.54. The van der Waals surface area contributed by atoms with Gasteiger partial charge < -0.3 is 10.2 Å². The molecule has 2 saturated carbocycles. The van der Waals surface area contributed by atoms with E-state index in [4.69, 9.17) is 11.6 Å². The van der Waals surface area contributed by atoms with Crippen LogP contribution in [0.1, 0.15) is 65.2 Å². The highest BCUT2D eigenvalue weighted by Crippen LogP contribution is 2.67. The molecule has 2 heterocycles. The van der Waals surface area contributed by atoms with Crippen molar-refractivity contribution in [3.05, 3.63) is 29.3 Å². The summed E-state index contributed by atoms with van der Waals surface area (Å²) in [5.41, 5.74) is 1.22. The zero-order chi connectivity index (χ0) is 22.7. The van der Waals surface area contributed by atoms with Gasteiger partial charge in [0.05, 0.1) is 0 Å². The molecule has 3 aliphatic carbocycles. The van der Waals surface area contributed by atoms with Gasteiger partial charge in [-0.3, -0.25) is 9.59 Å². The number of aromatic nitrogens is 2. The molecule has 1 N–H and O–H groups in total.